The summed E-state index contributed by atoms with van der Waals surface area (Å²) < 4.78 is 16.7. The van der Waals surface area contributed by atoms with Gasteiger partial charge in [0.05, 0.1) is 32.0 Å². The minimum Gasteiger partial charge on any atom is -0.466 e. The molecule has 0 aromatic heterocycles. The molecular weight excluding hydrogens is 931 g/mol. The largest absolute Gasteiger partial charge is 0.466 e. The number of hydrogen-bond donors (Lipinski definition) is 6. The average molecular weight is 1050 g/mol. The normalized spacial score (nSPS) is 18.9. The van der Waals surface area contributed by atoms with E-state index in [1.54, 1.807) is 6.08 Å². The molecule has 1 aliphatic rings. The first-order valence-electron chi connectivity index (χ1n) is 31.6. The Balaban J connectivity index is 1.97. The first-order valence-corrected chi connectivity index (χ1v) is 31.6. The van der Waals surface area contributed by atoms with Crippen molar-refractivity contribution in [1.29, 1.82) is 0 Å². The number of carbonyl (C=O) groups is 2. The van der Waals surface area contributed by atoms with Crippen molar-refractivity contribution < 1.29 is 49.3 Å². The Hall–Kier alpha value is -1.86. The summed E-state index contributed by atoms with van der Waals surface area (Å²) in [7, 11) is 0. The highest BCUT2D eigenvalue weighted by Gasteiger charge is 2.44. The van der Waals surface area contributed by atoms with Gasteiger partial charge < -0.3 is 45.1 Å². The third kappa shape index (κ3) is 42.2. The molecule has 0 spiro atoms. The number of unbranched alkanes of at least 4 members (excludes halogenated alkanes) is 39. The SMILES string of the molecule is CCCCCCCCC/C=C\CCCCCCCC(=O)OCCCCCCCCCCCCCCCCCCCCCCCC(=O)NC(COC1OC(CO)C(O)C(O)C1O)C(O)/C=C/CCCCCCCCC. The molecule has 436 valence electrons. The van der Waals surface area contributed by atoms with Crippen molar-refractivity contribution in [2.75, 3.05) is 19.8 Å². The van der Waals surface area contributed by atoms with Crippen molar-refractivity contribution in [2.24, 2.45) is 0 Å². The third-order valence-electron chi connectivity index (χ3n) is 15.1. The van der Waals surface area contributed by atoms with Gasteiger partial charge in [-0.2, -0.15) is 0 Å². The van der Waals surface area contributed by atoms with E-state index in [9.17, 15) is 35.1 Å². The summed E-state index contributed by atoms with van der Waals surface area (Å²) >= 11 is 0. The summed E-state index contributed by atoms with van der Waals surface area (Å²) in [5.74, 6) is -0.192. The van der Waals surface area contributed by atoms with Crippen LogP contribution in [0, 0.1) is 0 Å². The van der Waals surface area contributed by atoms with E-state index in [0.29, 0.717) is 19.4 Å². The fourth-order valence-electron chi connectivity index (χ4n) is 10.0. The fourth-order valence-corrected chi connectivity index (χ4v) is 10.0. The molecule has 1 heterocycles. The van der Waals surface area contributed by atoms with Crippen molar-refractivity contribution in [3.05, 3.63) is 24.3 Å². The van der Waals surface area contributed by atoms with E-state index in [-0.39, 0.29) is 18.5 Å². The number of aliphatic hydroxyl groups excluding tert-OH is 5. The lowest BCUT2D eigenvalue weighted by Gasteiger charge is -2.40. The molecule has 11 heteroatoms. The topological polar surface area (TPSA) is 175 Å². The van der Waals surface area contributed by atoms with Gasteiger partial charge in [0.1, 0.15) is 24.4 Å². The Kier molecular flexibility index (Phi) is 50.4. The summed E-state index contributed by atoms with van der Waals surface area (Å²) in [5, 5.41) is 54.2. The van der Waals surface area contributed by atoms with Gasteiger partial charge in [-0.1, -0.05) is 256 Å². The lowest BCUT2D eigenvalue weighted by atomic mass is 9.99. The highest BCUT2D eigenvalue weighted by atomic mass is 16.7. The van der Waals surface area contributed by atoms with Crippen molar-refractivity contribution >= 4 is 11.9 Å². The van der Waals surface area contributed by atoms with E-state index >= 15 is 0 Å². The molecule has 0 aromatic rings. The van der Waals surface area contributed by atoms with Gasteiger partial charge in [0.15, 0.2) is 6.29 Å². The van der Waals surface area contributed by atoms with Gasteiger partial charge in [0, 0.05) is 12.8 Å². The smallest absolute Gasteiger partial charge is 0.305 e. The van der Waals surface area contributed by atoms with Crippen molar-refractivity contribution in [3.63, 3.8) is 0 Å². The van der Waals surface area contributed by atoms with Crippen LogP contribution in [-0.4, -0.2) is 100 Å². The van der Waals surface area contributed by atoms with Gasteiger partial charge >= 0.3 is 5.97 Å². The monoisotopic (exact) mass is 1050 g/mol. The minimum absolute atomic E-state index is 0.00835. The summed E-state index contributed by atoms with van der Waals surface area (Å²) in [5.41, 5.74) is 0. The van der Waals surface area contributed by atoms with Crippen molar-refractivity contribution in [1.82, 2.24) is 5.32 Å². The summed E-state index contributed by atoms with van der Waals surface area (Å²) in [6.07, 6.45) is 54.3. The maximum Gasteiger partial charge on any atom is 0.305 e. The Labute approximate surface area is 454 Å². The van der Waals surface area contributed by atoms with Crippen LogP contribution in [0.3, 0.4) is 0 Å². The molecular formula is C63H119NO10. The number of amides is 1. The predicted molar refractivity (Wildman–Crippen MR) is 306 cm³/mol. The van der Waals surface area contributed by atoms with Gasteiger partial charge in [0.25, 0.3) is 0 Å². The first kappa shape index (κ1) is 70.2. The molecule has 0 radical (unpaired) electrons. The molecule has 0 aliphatic carbocycles. The number of aliphatic hydroxyl groups is 5. The minimum atomic E-state index is -1.57. The van der Waals surface area contributed by atoms with Gasteiger partial charge in [-0.25, -0.2) is 0 Å². The van der Waals surface area contributed by atoms with Crippen molar-refractivity contribution in [2.45, 2.75) is 346 Å². The van der Waals surface area contributed by atoms with Crippen LogP contribution in [-0.2, 0) is 23.8 Å². The number of ether oxygens (including phenoxy) is 3. The zero-order valence-corrected chi connectivity index (χ0v) is 48.1. The number of allylic oxidation sites excluding steroid dienone is 3. The quantitative estimate of drug-likeness (QED) is 0.0195. The number of nitrogens with one attached hydrogen (secondary N) is 1. The molecule has 74 heavy (non-hydrogen) atoms. The standard InChI is InChI=1S/C63H119NO10/c1-3-5-7-9-11-13-14-15-16-25-28-31-35-39-43-47-51-59(68)72-52-48-44-40-36-32-29-26-23-21-19-17-18-20-22-24-27-30-34-38-42-46-50-58(67)64-55(56(66)49-45-41-37-33-12-10-8-6-4-2)54-73-63-62(71)61(70)60(69)57(53-65)74-63/h16,25,45,49,55-57,60-63,65-66,69-71H,3-15,17-24,26-44,46-48,50-54H2,1-2H3,(H,64,67)/b25-16-,49-45+. The van der Waals surface area contributed by atoms with Crippen LogP contribution < -0.4 is 5.32 Å². The number of rotatable bonds is 55. The molecule has 1 amide bonds. The fraction of sp³-hybridized carbons (Fsp3) is 0.905. The van der Waals surface area contributed by atoms with E-state index in [2.05, 4.69) is 31.3 Å². The summed E-state index contributed by atoms with van der Waals surface area (Å²) in [6.45, 7) is 4.32. The zero-order chi connectivity index (χ0) is 53.8. The maximum atomic E-state index is 13.0. The lowest BCUT2D eigenvalue weighted by Crippen LogP contribution is -2.60. The molecule has 7 atom stereocenters. The lowest BCUT2D eigenvalue weighted by molar-refractivity contribution is -0.302. The Morgan fingerprint density at radius 3 is 1.30 bits per heavy atom. The van der Waals surface area contributed by atoms with Crippen LogP contribution in [0.5, 0.6) is 0 Å². The second kappa shape index (κ2) is 53.2. The molecule has 0 bridgehead atoms. The Morgan fingerprint density at radius 1 is 0.486 bits per heavy atom. The molecule has 7 unspecified atom stereocenters. The number of carbonyl (C=O) groups excluding carboxylic acids is 2. The molecule has 1 rings (SSSR count). The molecule has 0 aromatic carbocycles. The van der Waals surface area contributed by atoms with Gasteiger partial charge in [-0.05, 0) is 57.8 Å². The average Bonchev–Trinajstić information content (AvgIpc) is 3.40. The summed E-state index contributed by atoms with van der Waals surface area (Å²) in [6, 6.07) is -0.809. The molecule has 0 saturated carbocycles. The zero-order valence-electron chi connectivity index (χ0n) is 48.1. The van der Waals surface area contributed by atoms with E-state index in [0.717, 1.165) is 64.2 Å². The van der Waals surface area contributed by atoms with E-state index < -0.39 is 49.5 Å². The van der Waals surface area contributed by atoms with Crippen LogP contribution in [0.2, 0.25) is 0 Å². The van der Waals surface area contributed by atoms with Gasteiger partial charge in [-0.15, -0.1) is 0 Å². The highest BCUT2D eigenvalue weighted by Crippen LogP contribution is 2.23. The molecule has 1 fully saturated rings. The van der Waals surface area contributed by atoms with Gasteiger partial charge in [-0.3, -0.25) is 9.59 Å². The second-order valence-corrected chi connectivity index (χ2v) is 22.1. The van der Waals surface area contributed by atoms with Crippen LogP contribution in [0.15, 0.2) is 24.3 Å². The number of hydrogen-bond acceptors (Lipinski definition) is 10. The maximum absolute atomic E-state index is 13.0. The van der Waals surface area contributed by atoms with Crippen LogP contribution in [0.1, 0.15) is 303 Å². The molecule has 1 saturated heterocycles. The van der Waals surface area contributed by atoms with E-state index in [1.807, 2.05) is 6.08 Å². The highest BCUT2D eigenvalue weighted by molar-refractivity contribution is 5.76. The number of esters is 1. The second-order valence-electron chi connectivity index (χ2n) is 22.1. The summed E-state index contributed by atoms with van der Waals surface area (Å²) in [4.78, 5) is 25.1. The van der Waals surface area contributed by atoms with E-state index in [4.69, 9.17) is 14.2 Å². The van der Waals surface area contributed by atoms with Crippen LogP contribution in [0.4, 0.5) is 0 Å². The molecule has 1 aliphatic heterocycles. The Bertz CT molecular complexity index is 1280. The van der Waals surface area contributed by atoms with E-state index in [1.165, 1.54) is 212 Å². The molecule has 11 nitrogen and oxygen atoms in total. The van der Waals surface area contributed by atoms with Crippen LogP contribution in [0.25, 0.3) is 0 Å². The molecule has 6 N–H and O–H groups in total. The van der Waals surface area contributed by atoms with Crippen LogP contribution >= 0.6 is 0 Å². The Morgan fingerprint density at radius 2 is 0.865 bits per heavy atom. The predicted octanol–water partition coefficient (Wildman–Crippen LogP) is 14.9. The first-order chi connectivity index (χ1) is 36.2. The van der Waals surface area contributed by atoms with Crippen molar-refractivity contribution in [3.8, 4) is 0 Å². The van der Waals surface area contributed by atoms with Gasteiger partial charge in [0.2, 0.25) is 5.91 Å². The third-order valence-corrected chi connectivity index (χ3v) is 15.1.